The van der Waals surface area contributed by atoms with Crippen LogP contribution in [0.4, 0.5) is 0 Å². The Balaban J connectivity index is 1.77. The number of carbonyl (C=O) groups excluding carboxylic acids is 1. The molecule has 1 heterocycles. The molecule has 0 bridgehead atoms. The van der Waals surface area contributed by atoms with E-state index >= 15 is 0 Å². The minimum absolute atomic E-state index is 0.0346. The molecule has 2 aromatic carbocycles. The summed E-state index contributed by atoms with van der Waals surface area (Å²) >= 11 is 1.45. The predicted molar refractivity (Wildman–Crippen MR) is 103 cm³/mol. The Morgan fingerprint density at radius 3 is 2.42 bits per heavy atom. The highest BCUT2D eigenvalue weighted by Crippen LogP contribution is 2.39. The monoisotopic (exact) mass is 368 g/mol. The van der Waals surface area contributed by atoms with E-state index in [1.165, 1.54) is 11.3 Å². The van der Waals surface area contributed by atoms with Crippen molar-refractivity contribution in [1.29, 1.82) is 0 Å². The lowest BCUT2D eigenvalue weighted by Gasteiger charge is -2.08. The zero-order chi connectivity index (χ0) is 18.4. The number of hydrogen-bond donors (Lipinski definition) is 1. The van der Waals surface area contributed by atoms with E-state index in [0.717, 1.165) is 22.9 Å². The molecule has 3 aromatic rings. The first-order chi connectivity index (χ1) is 12.7. The Morgan fingerprint density at radius 1 is 0.923 bits per heavy atom. The molecular weight excluding hydrogens is 348 g/mol. The van der Waals surface area contributed by atoms with Gasteiger partial charge in [0.15, 0.2) is 0 Å². The normalized spacial score (nSPS) is 10.8. The van der Waals surface area contributed by atoms with Gasteiger partial charge in [0.2, 0.25) is 5.78 Å². The van der Waals surface area contributed by atoms with Gasteiger partial charge in [0.05, 0.1) is 6.61 Å². The van der Waals surface area contributed by atoms with Gasteiger partial charge in [-0.3, -0.25) is 9.59 Å². The lowest BCUT2D eigenvalue weighted by atomic mass is 10.1. The summed E-state index contributed by atoms with van der Waals surface area (Å²) in [6.07, 6.45) is 2.37. The summed E-state index contributed by atoms with van der Waals surface area (Å²) in [4.78, 5) is 24.1. The van der Waals surface area contributed by atoms with Crippen LogP contribution in [0.1, 0.15) is 40.9 Å². The van der Waals surface area contributed by atoms with Crippen LogP contribution in [0.15, 0.2) is 54.6 Å². The van der Waals surface area contributed by atoms with Crippen LogP contribution in [-0.2, 0) is 4.79 Å². The number of thiophene rings is 1. The molecule has 4 nitrogen and oxygen atoms in total. The number of carbonyl (C=O) groups is 2. The maximum Gasteiger partial charge on any atom is 0.303 e. The molecule has 0 aliphatic heterocycles. The second-order valence-corrected chi connectivity index (χ2v) is 7.06. The average molecular weight is 368 g/mol. The number of unbranched alkanes of at least 4 members (excludes halogenated alkanes) is 2. The van der Waals surface area contributed by atoms with Gasteiger partial charge in [0.1, 0.15) is 10.6 Å². The molecule has 134 valence electrons. The van der Waals surface area contributed by atoms with Gasteiger partial charge in [-0.15, -0.1) is 11.3 Å². The van der Waals surface area contributed by atoms with Crippen molar-refractivity contribution in [2.24, 2.45) is 0 Å². The van der Waals surface area contributed by atoms with E-state index in [9.17, 15) is 9.59 Å². The van der Waals surface area contributed by atoms with Crippen molar-refractivity contribution in [2.45, 2.75) is 25.7 Å². The summed E-state index contributed by atoms with van der Waals surface area (Å²) in [6.45, 7) is 0.468. The first-order valence-corrected chi connectivity index (χ1v) is 9.44. The molecule has 0 aliphatic carbocycles. The van der Waals surface area contributed by atoms with Gasteiger partial charge in [-0.05, 0) is 31.4 Å². The molecule has 0 aliphatic rings. The Bertz CT molecular complexity index is 899. The lowest BCUT2D eigenvalue weighted by Crippen LogP contribution is -2.04. The van der Waals surface area contributed by atoms with Gasteiger partial charge in [-0.1, -0.05) is 42.5 Å². The third-order valence-corrected chi connectivity index (χ3v) is 5.22. The smallest absolute Gasteiger partial charge is 0.303 e. The number of benzene rings is 2. The van der Waals surface area contributed by atoms with Crippen LogP contribution in [0.2, 0.25) is 0 Å². The largest absolute Gasteiger partial charge is 0.491 e. The van der Waals surface area contributed by atoms with E-state index in [4.69, 9.17) is 9.84 Å². The van der Waals surface area contributed by atoms with Crippen LogP contribution in [0.5, 0.6) is 5.75 Å². The molecular formula is C21H20O4S. The Hall–Kier alpha value is -2.66. The van der Waals surface area contributed by atoms with Gasteiger partial charge < -0.3 is 9.84 Å². The fourth-order valence-electron chi connectivity index (χ4n) is 2.76. The number of carboxylic acids is 1. The number of fused-ring (bicyclic) bond motifs is 1. The highest BCUT2D eigenvalue weighted by atomic mass is 32.1. The van der Waals surface area contributed by atoms with Gasteiger partial charge in [-0.2, -0.15) is 0 Å². The second kappa shape index (κ2) is 8.63. The molecule has 0 spiro atoms. The molecule has 26 heavy (non-hydrogen) atoms. The molecule has 0 saturated heterocycles. The highest BCUT2D eigenvalue weighted by Gasteiger charge is 2.20. The second-order valence-electron chi connectivity index (χ2n) is 6.00. The number of ether oxygens (including phenoxy) is 1. The van der Waals surface area contributed by atoms with Gasteiger partial charge in [0.25, 0.3) is 0 Å². The standard InChI is InChI=1S/C21H20O4S/c22-18(23)13-5-2-8-14-25-20-16-11-6-7-12-17(16)26-21(20)19(24)15-9-3-1-4-10-15/h1,3-4,6-7,9-12H,2,5,8,13-14H2,(H,22,23). The lowest BCUT2D eigenvalue weighted by molar-refractivity contribution is -0.137. The molecule has 1 N–H and O–H groups in total. The van der Waals surface area contributed by atoms with Crippen LogP contribution in [0, 0.1) is 0 Å². The fraction of sp³-hybridized carbons (Fsp3) is 0.238. The van der Waals surface area contributed by atoms with E-state index in [2.05, 4.69) is 0 Å². The fourth-order valence-corrected chi connectivity index (χ4v) is 3.87. The molecule has 0 unspecified atom stereocenters. The van der Waals surface area contributed by atoms with Crippen LogP contribution in [0.25, 0.3) is 10.1 Å². The summed E-state index contributed by atoms with van der Waals surface area (Å²) in [5.74, 6) is -0.171. The minimum atomic E-state index is -0.773. The van der Waals surface area contributed by atoms with Crippen LogP contribution in [-0.4, -0.2) is 23.5 Å². The van der Waals surface area contributed by atoms with Crippen LogP contribution in [0.3, 0.4) is 0 Å². The number of ketones is 1. The average Bonchev–Trinajstić information content (AvgIpc) is 3.03. The first-order valence-electron chi connectivity index (χ1n) is 8.62. The molecule has 0 atom stereocenters. The Morgan fingerprint density at radius 2 is 1.65 bits per heavy atom. The third-order valence-electron chi connectivity index (χ3n) is 4.07. The Labute approximate surface area is 156 Å². The zero-order valence-electron chi connectivity index (χ0n) is 14.3. The summed E-state index contributed by atoms with van der Waals surface area (Å²) in [5, 5.41) is 9.62. The molecule has 0 fully saturated rings. The highest BCUT2D eigenvalue weighted by molar-refractivity contribution is 7.21. The van der Waals surface area contributed by atoms with Crippen LogP contribution >= 0.6 is 11.3 Å². The summed E-state index contributed by atoms with van der Waals surface area (Å²) in [6, 6.07) is 17.0. The minimum Gasteiger partial charge on any atom is -0.491 e. The number of hydrogen-bond acceptors (Lipinski definition) is 4. The maximum absolute atomic E-state index is 12.9. The molecule has 3 rings (SSSR count). The molecule has 0 saturated carbocycles. The van der Waals surface area contributed by atoms with E-state index in [1.54, 1.807) is 0 Å². The summed E-state index contributed by atoms with van der Waals surface area (Å²) in [5.41, 5.74) is 0.644. The van der Waals surface area contributed by atoms with Crippen molar-refractivity contribution in [3.8, 4) is 5.75 Å². The number of aliphatic carboxylic acids is 1. The molecule has 1 aromatic heterocycles. The predicted octanol–water partition coefficient (Wildman–Crippen LogP) is 5.16. The SMILES string of the molecule is O=C(O)CCCCCOc1c(C(=O)c2ccccc2)sc2ccccc12. The maximum atomic E-state index is 12.9. The van der Waals surface area contributed by atoms with Crippen molar-refractivity contribution in [2.75, 3.05) is 6.61 Å². The van der Waals surface area contributed by atoms with Gasteiger partial charge in [0, 0.05) is 22.1 Å². The van der Waals surface area contributed by atoms with Gasteiger partial charge >= 0.3 is 5.97 Å². The number of rotatable bonds is 9. The summed E-state index contributed by atoms with van der Waals surface area (Å²) in [7, 11) is 0. The van der Waals surface area contributed by atoms with Gasteiger partial charge in [-0.25, -0.2) is 0 Å². The first kappa shape index (κ1) is 18.1. The topological polar surface area (TPSA) is 63.6 Å². The van der Waals surface area contributed by atoms with E-state index < -0.39 is 5.97 Å². The number of carboxylic acid groups (broad SMARTS) is 1. The van der Waals surface area contributed by atoms with E-state index in [0.29, 0.717) is 29.2 Å². The Kier molecular flexibility index (Phi) is 6.02. The molecule has 5 heteroatoms. The van der Waals surface area contributed by atoms with Crippen molar-refractivity contribution in [1.82, 2.24) is 0 Å². The van der Waals surface area contributed by atoms with Crippen molar-refractivity contribution < 1.29 is 19.4 Å². The summed E-state index contributed by atoms with van der Waals surface area (Å²) < 4.78 is 7.00. The van der Waals surface area contributed by atoms with Crippen molar-refractivity contribution in [3.05, 3.63) is 65.0 Å². The quantitative estimate of drug-likeness (QED) is 0.419. The van der Waals surface area contributed by atoms with Crippen molar-refractivity contribution in [3.63, 3.8) is 0 Å². The van der Waals surface area contributed by atoms with E-state index in [1.807, 2.05) is 54.6 Å². The van der Waals surface area contributed by atoms with Crippen molar-refractivity contribution >= 4 is 33.2 Å². The van der Waals surface area contributed by atoms with E-state index in [-0.39, 0.29) is 12.2 Å². The zero-order valence-corrected chi connectivity index (χ0v) is 15.1. The third kappa shape index (κ3) is 4.29. The van der Waals surface area contributed by atoms with Crippen LogP contribution < -0.4 is 4.74 Å². The molecule has 0 amide bonds. The molecule has 0 radical (unpaired) electrons.